The van der Waals surface area contributed by atoms with E-state index in [0.29, 0.717) is 32.5 Å². The Morgan fingerprint density at radius 3 is 2.56 bits per heavy atom. The van der Waals surface area contributed by atoms with Crippen molar-refractivity contribution in [3.63, 3.8) is 0 Å². The normalized spacial score (nSPS) is 26.6. The molecular formula is C13H19NO4. The van der Waals surface area contributed by atoms with Gasteiger partial charge in [-0.25, -0.2) is 4.79 Å². The Morgan fingerprint density at radius 1 is 1.28 bits per heavy atom. The smallest absolute Gasteiger partial charge is 0.329 e. The van der Waals surface area contributed by atoms with Crippen LogP contribution in [0.15, 0.2) is 12.2 Å². The number of hydrogen-bond acceptors (Lipinski definition) is 3. The van der Waals surface area contributed by atoms with Crippen LogP contribution in [0, 0.1) is 5.92 Å². The third-order valence-electron chi connectivity index (χ3n) is 3.76. The molecule has 0 aromatic heterocycles. The summed E-state index contributed by atoms with van der Waals surface area (Å²) in [6, 6.07) is 0. The van der Waals surface area contributed by atoms with Gasteiger partial charge in [-0.1, -0.05) is 12.2 Å². The summed E-state index contributed by atoms with van der Waals surface area (Å²) in [4.78, 5) is 23.5. The van der Waals surface area contributed by atoms with Gasteiger partial charge in [0.05, 0.1) is 0 Å². The molecule has 1 fully saturated rings. The number of nitrogens with one attached hydrogen (secondary N) is 1. The number of ether oxygens (including phenoxy) is 1. The second kappa shape index (κ2) is 5.52. The first-order valence-electron chi connectivity index (χ1n) is 6.42. The summed E-state index contributed by atoms with van der Waals surface area (Å²) in [6.07, 6.45) is 7.14. The van der Waals surface area contributed by atoms with E-state index in [2.05, 4.69) is 11.4 Å². The first kappa shape index (κ1) is 13.1. The summed E-state index contributed by atoms with van der Waals surface area (Å²) >= 11 is 0. The molecule has 100 valence electrons. The van der Waals surface area contributed by atoms with Crippen LogP contribution < -0.4 is 5.32 Å². The van der Waals surface area contributed by atoms with E-state index >= 15 is 0 Å². The minimum Gasteiger partial charge on any atom is -0.480 e. The molecule has 1 amide bonds. The molecule has 1 aliphatic carbocycles. The number of hydrogen-bond donors (Lipinski definition) is 2. The van der Waals surface area contributed by atoms with E-state index in [0.717, 1.165) is 12.8 Å². The van der Waals surface area contributed by atoms with Gasteiger partial charge in [0.15, 0.2) is 0 Å². The summed E-state index contributed by atoms with van der Waals surface area (Å²) in [5.74, 6) is -1.18. The molecule has 5 heteroatoms. The summed E-state index contributed by atoms with van der Waals surface area (Å²) in [7, 11) is 0. The zero-order chi connectivity index (χ0) is 13.0. The van der Waals surface area contributed by atoms with Crippen LogP contribution in [0.3, 0.4) is 0 Å². The molecule has 1 aliphatic heterocycles. The van der Waals surface area contributed by atoms with E-state index in [-0.39, 0.29) is 11.8 Å². The van der Waals surface area contributed by atoms with Crippen molar-refractivity contribution in [3.05, 3.63) is 12.2 Å². The summed E-state index contributed by atoms with van der Waals surface area (Å²) in [5, 5.41) is 12.1. The molecule has 2 rings (SSSR count). The maximum Gasteiger partial charge on any atom is 0.329 e. The highest BCUT2D eigenvalue weighted by Gasteiger charge is 2.42. The third kappa shape index (κ3) is 2.72. The predicted octanol–water partition coefficient (Wildman–Crippen LogP) is 1.09. The molecule has 1 heterocycles. The Hall–Kier alpha value is -1.36. The van der Waals surface area contributed by atoms with Crippen LogP contribution in [-0.4, -0.2) is 35.7 Å². The Kier molecular flexibility index (Phi) is 4.01. The fourth-order valence-corrected chi connectivity index (χ4v) is 2.48. The van der Waals surface area contributed by atoms with Crippen LogP contribution in [0.25, 0.3) is 0 Å². The van der Waals surface area contributed by atoms with Crippen molar-refractivity contribution >= 4 is 11.9 Å². The van der Waals surface area contributed by atoms with Crippen LogP contribution >= 0.6 is 0 Å². The van der Waals surface area contributed by atoms with E-state index in [4.69, 9.17) is 4.74 Å². The van der Waals surface area contributed by atoms with Crippen LogP contribution in [0.4, 0.5) is 0 Å². The summed E-state index contributed by atoms with van der Waals surface area (Å²) in [6.45, 7) is 0.772. The lowest BCUT2D eigenvalue weighted by atomic mass is 9.87. The van der Waals surface area contributed by atoms with Crippen molar-refractivity contribution in [3.8, 4) is 0 Å². The molecule has 1 unspecified atom stereocenters. The Balaban J connectivity index is 2.02. The van der Waals surface area contributed by atoms with E-state index in [1.54, 1.807) is 0 Å². The van der Waals surface area contributed by atoms with Crippen LogP contribution in [-0.2, 0) is 14.3 Å². The van der Waals surface area contributed by atoms with Crippen molar-refractivity contribution in [2.75, 3.05) is 13.2 Å². The summed E-state index contributed by atoms with van der Waals surface area (Å²) in [5.41, 5.74) is -1.13. The van der Waals surface area contributed by atoms with Crippen molar-refractivity contribution in [2.24, 2.45) is 5.92 Å². The largest absolute Gasteiger partial charge is 0.480 e. The second-order valence-corrected chi connectivity index (χ2v) is 4.97. The van der Waals surface area contributed by atoms with Gasteiger partial charge in [-0.3, -0.25) is 4.79 Å². The highest BCUT2D eigenvalue weighted by atomic mass is 16.5. The Labute approximate surface area is 106 Å². The van der Waals surface area contributed by atoms with Crippen LogP contribution in [0.1, 0.15) is 32.1 Å². The number of carbonyl (C=O) groups excluding carboxylic acids is 1. The SMILES string of the molecule is O=C(NC1(C(=O)O)CCOCC1)C1CC=CCC1. The molecule has 1 atom stereocenters. The number of aliphatic carboxylic acids is 1. The number of carboxylic acid groups (broad SMARTS) is 1. The molecular weight excluding hydrogens is 234 g/mol. The standard InChI is InChI=1S/C13H19NO4/c15-11(10-4-2-1-3-5-10)14-13(12(16)17)6-8-18-9-7-13/h1-2,10H,3-9H2,(H,14,15)(H,16,17). The zero-order valence-electron chi connectivity index (χ0n) is 10.4. The van der Waals surface area contributed by atoms with Crippen molar-refractivity contribution in [2.45, 2.75) is 37.6 Å². The molecule has 2 N–H and O–H groups in total. The van der Waals surface area contributed by atoms with Crippen molar-refractivity contribution < 1.29 is 19.4 Å². The average Bonchev–Trinajstić information content (AvgIpc) is 2.40. The first-order chi connectivity index (χ1) is 8.64. The molecule has 0 bridgehead atoms. The minimum absolute atomic E-state index is 0.0888. The maximum absolute atomic E-state index is 12.1. The molecule has 0 spiro atoms. The maximum atomic E-state index is 12.1. The van der Waals surface area contributed by atoms with E-state index in [9.17, 15) is 14.7 Å². The molecule has 0 radical (unpaired) electrons. The molecule has 0 aromatic rings. The van der Waals surface area contributed by atoms with Gasteiger partial charge in [0.2, 0.25) is 5.91 Å². The molecule has 5 nitrogen and oxygen atoms in total. The lowest BCUT2D eigenvalue weighted by Gasteiger charge is -2.35. The molecule has 2 aliphatic rings. The second-order valence-electron chi connectivity index (χ2n) is 4.97. The van der Waals surface area contributed by atoms with Gasteiger partial charge in [-0.2, -0.15) is 0 Å². The number of rotatable bonds is 3. The van der Waals surface area contributed by atoms with Crippen LogP contribution in [0.5, 0.6) is 0 Å². The van der Waals surface area contributed by atoms with Gasteiger partial charge in [0, 0.05) is 32.0 Å². The van der Waals surface area contributed by atoms with Crippen molar-refractivity contribution in [1.29, 1.82) is 0 Å². The lowest BCUT2D eigenvalue weighted by Crippen LogP contribution is -2.58. The summed E-state index contributed by atoms with van der Waals surface area (Å²) < 4.78 is 5.18. The fourth-order valence-electron chi connectivity index (χ4n) is 2.48. The highest BCUT2D eigenvalue weighted by Crippen LogP contribution is 2.24. The van der Waals surface area contributed by atoms with E-state index in [1.165, 1.54) is 0 Å². The third-order valence-corrected chi connectivity index (χ3v) is 3.76. The highest BCUT2D eigenvalue weighted by molar-refractivity contribution is 5.88. The lowest BCUT2D eigenvalue weighted by molar-refractivity contribution is -0.152. The number of allylic oxidation sites excluding steroid dienone is 2. The van der Waals surface area contributed by atoms with Crippen LogP contribution in [0.2, 0.25) is 0 Å². The Morgan fingerprint density at radius 2 is 2.00 bits per heavy atom. The quantitative estimate of drug-likeness (QED) is 0.738. The average molecular weight is 253 g/mol. The fraction of sp³-hybridized carbons (Fsp3) is 0.692. The van der Waals surface area contributed by atoms with Gasteiger partial charge in [-0.05, 0) is 19.3 Å². The Bertz CT molecular complexity index is 358. The van der Waals surface area contributed by atoms with Gasteiger partial charge < -0.3 is 15.2 Å². The molecule has 0 aromatic carbocycles. The van der Waals surface area contributed by atoms with E-state index in [1.807, 2.05) is 6.08 Å². The topological polar surface area (TPSA) is 75.6 Å². The molecule has 18 heavy (non-hydrogen) atoms. The number of amides is 1. The molecule has 1 saturated heterocycles. The van der Waals surface area contributed by atoms with E-state index < -0.39 is 11.5 Å². The predicted molar refractivity (Wildman–Crippen MR) is 65.0 cm³/mol. The minimum atomic E-state index is -1.13. The van der Waals surface area contributed by atoms with Gasteiger partial charge in [0.25, 0.3) is 0 Å². The van der Waals surface area contributed by atoms with Crippen molar-refractivity contribution in [1.82, 2.24) is 5.32 Å². The first-order valence-corrected chi connectivity index (χ1v) is 6.42. The monoisotopic (exact) mass is 253 g/mol. The zero-order valence-corrected chi connectivity index (χ0v) is 10.4. The molecule has 0 saturated carbocycles. The number of carbonyl (C=O) groups is 2. The van der Waals surface area contributed by atoms with Gasteiger partial charge in [0.1, 0.15) is 5.54 Å². The number of carboxylic acids is 1. The van der Waals surface area contributed by atoms with Gasteiger partial charge >= 0.3 is 5.97 Å². The van der Waals surface area contributed by atoms with Gasteiger partial charge in [-0.15, -0.1) is 0 Å².